The van der Waals surface area contributed by atoms with Gasteiger partial charge in [0.15, 0.2) is 5.65 Å². The molecule has 5 rings (SSSR count). The van der Waals surface area contributed by atoms with Crippen LogP contribution < -0.4 is 10.6 Å². The highest BCUT2D eigenvalue weighted by molar-refractivity contribution is 5.76. The Morgan fingerprint density at radius 3 is 2.70 bits per heavy atom. The van der Waals surface area contributed by atoms with Crippen LogP contribution in [0.4, 0.5) is 26.4 Å². The summed E-state index contributed by atoms with van der Waals surface area (Å²) in [5.41, 5.74) is 1.44. The number of nitrogens with one attached hydrogen (secondary N) is 2. The number of halogens is 2. The third-order valence-corrected chi connectivity index (χ3v) is 5.82. The van der Waals surface area contributed by atoms with E-state index in [4.69, 9.17) is 9.72 Å². The first-order valence-electron chi connectivity index (χ1n) is 10.5. The molecule has 30 heavy (non-hydrogen) atoms. The van der Waals surface area contributed by atoms with Gasteiger partial charge in [-0.15, -0.1) is 0 Å². The molecule has 1 saturated heterocycles. The smallest absolute Gasteiger partial charge is 0.224 e. The third-order valence-electron chi connectivity index (χ3n) is 5.82. The van der Waals surface area contributed by atoms with E-state index >= 15 is 0 Å². The molecule has 158 valence electrons. The molecule has 1 saturated carbocycles. The van der Waals surface area contributed by atoms with Gasteiger partial charge in [-0.1, -0.05) is 19.3 Å². The second-order valence-corrected chi connectivity index (χ2v) is 7.95. The molecular weight excluding hydrogens is 390 g/mol. The van der Waals surface area contributed by atoms with Crippen molar-refractivity contribution in [1.29, 1.82) is 0 Å². The highest BCUT2D eigenvalue weighted by Gasteiger charge is 2.25. The van der Waals surface area contributed by atoms with E-state index in [0.717, 1.165) is 25.3 Å². The molecule has 9 heteroatoms. The molecule has 2 aromatic heterocycles. The summed E-state index contributed by atoms with van der Waals surface area (Å²) in [6.07, 6.45) is 8.44. The summed E-state index contributed by atoms with van der Waals surface area (Å²) in [5, 5.41) is 6.45. The highest BCUT2D eigenvalue weighted by Crippen LogP contribution is 2.31. The minimum atomic E-state index is -0.679. The normalized spacial score (nSPS) is 20.0. The molecular formula is C21H24F2N6O. The van der Waals surface area contributed by atoms with Gasteiger partial charge in [-0.2, -0.15) is 4.98 Å². The van der Waals surface area contributed by atoms with Gasteiger partial charge in [0.1, 0.15) is 17.2 Å². The van der Waals surface area contributed by atoms with Crippen LogP contribution in [0.15, 0.2) is 24.4 Å². The average Bonchev–Trinajstić information content (AvgIpc) is 3.38. The average molecular weight is 414 g/mol. The molecule has 0 spiro atoms. The topological polar surface area (TPSA) is 76.9 Å². The van der Waals surface area contributed by atoms with Crippen molar-refractivity contribution < 1.29 is 13.5 Å². The molecule has 2 fully saturated rings. The number of hydrogen-bond donors (Lipinski definition) is 2. The summed E-state index contributed by atoms with van der Waals surface area (Å²) < 4.78 is 35.0. The number of anilines is 3. The standard InChI is InChI=1S/C21H24F2N6O/c22-13-6-7-17(16(23)10-13)26-21-27-18-11-24-20(25-14-4-2-1-3-5-14)28-19(18)29(21)15-8-9-30-12-15/h6-7,10-11,14-15H,1-5,8-9,12H2,(H,26,27)(H,24,25,28). The van der Waals surface area contributed by atoms with E-state index in [1.807, 2.05) is 4.57 Å². The van der Waals surface area contributed by atoms with Crippen LogP contribution in [0.5, 0.6) is 0 Å². The Labute approximate surface area is 172 Å². The molecule has 1 aromatic carbocycles. The van der Waals surface area contributed by atoms with Crippen LogP contribution in [0.3, 0.4) is 0 Å². The first-order valence-corrected chi connectivity index (χ1v) is 10.5. The minimum absolute atomic E-state index is 0.0263. The quantitative estimate of drug-likeness (QED) is 0.638. The molecule has 0 amide bonds. The van der Waals surface area contributed by atoms with Crippen LogP contribution in [0.25, 0.3) is 11.2 Å². The molecule has 1 aliphatic carbocycles. The van der Waals surface area contributed by atoms with Crippen molar-refractivity contribution in [2.45, 2.75) is 50.6 Å². The molecule has 1 unspecified atom stereocenters. The Hall–Kier alpha value is -2.81. The Morgan fingerprint density at radius 1 is 1.07 bits per heavy atom. The SMILES string of the molecule is Fc1ccc(Nc2nc3cnc(NC4CCCCC4)nc3n2C2CCOC2)c(F)c1. The number of hydrogen-bond acceptors (Lipinski definition) is 6. The van der Waals surface area contributed by atoms with Gasteiger partial charge in [0.05, 0.1) is 24.5 Å². The van der Waals surface area contributed by atoms with Crippen molar-refractivity contribution in [2.24, 2.45) is 0 Å². The van der Waals surface area contributed by atoms with Gasteiger partial charge in [0.2, 0.25) is 11.9 Å². The number of fused-ring (bicyclic) bond motifs is 1. The van der Waals surface area contributed by atoms with Crippen molar-refractivity contribution >= 4 is 28.7 Å². The summed E-state index contributed by atoms with van der Waals surface area (Å²) in [4.78, 5) is 13.8. The Kier molecular flexibility index (Phi) is 5.20. The van der Waals surface area contributed by atoms with E-state index < -0.39 is 11.6 Å². The molecule has 2 aliphatic rings. The molecule has 1 atom stereocenters. The molecule has 3 heterocycles. The Morgan fingerprint density at radius 2 is 1.93 bits per heavy atom. The number of rotatable bonds is 5. The Bertz CT molecular complexity index is 1040. The summed E-state index contributed by atoms with van der Waals surface area (Å²) >= 11 is 0. The summed E-state index contributed by atoms with van der Waals surface area (Å²) in [7, 11) is 0. The second-order valence-electron chi connectivity index (χ2n) is 7.95. The monoisotopic (exact) mass is 414 g/mol. The minimum Gasteiger partial charge on any atom is -0.379 e. The maximum atomic E-state index is 14.2. The Balaban J connectivity index is 1.51. The van der Waals surface area contributed by atoms with Gasteiger partial charge in [-0.25, -0.2) is 18.7 Å². The predicted molar refractivity (Wildman–Crippen MR) is 110 cm³/mol. The van der Waals surface area contributed by atoms with E-state index in [9.17, 15) is 8.78 Å². The highest BCUT2D eigenvalue weighted by atomic mass is 19.1. The van der Waals surface area contributed by atoms with Crippen molar-refractivity contribution in [1.82, 2.24) is 19.5 Å². The van der Waals surface area contributed by atoms with Gasteiger partial charge in [0.25, 0.3) is 0 Å². The number of benzene rings is 1. The lowest BCUT2D eigenvalue weighted by molar-refractivity contribution is 0.187. The molecule has 0 bridgehead atoms. The lowest BCUT2D eigenvalue weighted by Gasteiger charge is -2.22. The largest absolute Gasteiger partial charge is 0.379 e. The lowest BCUT2D eigenvalue weighted by Crippen LogP contribution is -2.23. The molecule has 2 N–H and O–H groups in total. The van der Waals surface area contributed by atoms with E-state index in [2.05, 4.69) is 20.6 Å². The maximum Gasteiger partial charge on any atom is 0.224 e. The first-order chi connectivity index (χ1) is 14.7. The zero-order valence-electron chi connectivity index (χ0n) is 16.6. The van der Waals surface area contributed by atoms with E-state index in [0.29, 0.717) is 42.3 Å². The van der Waals surface area contributed by atoms with Gasteiger partial charge in [-0.3, -0.25) is 4.57 Å². The predicted octanol–water partition coefficient (Wildman–Crippen LogP) is 4.55. The molecule has 1 aliphatic heterocycles. The number of imidazole rings is 1. The summed E-state index contributed by atoms with van der Waals surface area (Å²) in [5.74, 6) is -0.286. The van der Waals surface area contributed by atoms with Gasteiger partial charge in [0, 0.05) is 18.7 Å². The molecule has 3 aromatic rings. The summed E-state index contributed by atoms with van der Waals surface area (Å²) in [6.45, 7) is 1.17. The van der Waals surface area contributed by atoms with Crippen LogP contribution in [-0.2, 0) is 4.74 Å². The van der Waals surface area contributed by atoms with Crippen molar-refractivity contribution in [3.63, 3.8) is 0 Å². The van der Waals surface area contributed by atoms with Crippen LogP contribution in [0.1, 0.15) is 44.6 Å². The fourth-order valence-electron chi connectivity index (χ4n) is 4.26. The number of aromatic nitrogens is 4. The van der Waals surface area contributed by atoms with Gasteiger partial charge >= 0.3 is 0 Å². The molecule has 0 radical (unpaired) electrons. The lowest BCUT2D eigenvalue weighted by atomic mass is 9.96. The van der Waals surface area contributed by atoms with Crippen molar-refractivity contribution in [3.8, 4) is 0 Å². The number of nitrogens with zero attached hydrogens (tertiary/aromatic N) is 4. The fourth-order valence-corrected chi connectivity index (χ4v) is 4.26. The van der Waals surface area contributed by atoms with Crippen LogP contribution in [0, 0.1) is 11.6 Å². The van der Waals surface area contributed by atoms with Crippen LogP contribution in [-0.4, -0.2) is 38.8 Å². The van der Waals surface area contributed by atoms with Crippen LogP contribution in [0.2, 0.25) is 0 Å². The van der Waals surface area contributed by atoms with E-state index in [1.54, 1.807) is 6.20 Å². The number of ether oxygens (including phenoxy) is 1. The summed E-state index contributed by atoms with van der Waals surface area (Å²) in [6, 6.07) is 3.83. The second kappa shape index (κ2) is 8.14. The third kappa shape index (κ3) is 3.81. The van der Waals surface area contributed by atoms with Gasteiger partial charge in [-0.05, 0) is 31.4 Å². The zero-order valence-corrected chi connectivity index (χ0v) is 16.6. The van der Waals surface area contributed by atoms with Crippen molar-refractivity contribution in [3.05, 3.63) is 36.0 Å². The fraction of sp³-hybridized carbons (Fsp3) is 0.476. The van der Waals surface area contributed by atoms with Crippen molar-refractivity contribution in [2.75, 3.05) is 23.8 Å². The zero-order chi connectivity index (χ0) is 20.5. The maximum absolute atomic E-state index is 14.2. The van der Waals surface area contributed by atoms with E-state index in [1.165, 1.54) is 31.4 Å². The van der Waals surface area contributed by atoms with E-state index in [-0.39, 0.29) is 11.7 Å². The van der Waals surface area contributed by atoms with Crippen LogP contribution >= 0.6 is 0 Å². The van der Waals surface area contributed by atoms with Gasteiger partial charge < -0.3 is 15.4 Å². The first kappa shape index (κ1) is 19.2. The molecule has 7 nitrogen and oxygen atoms in total.